The highest BCUT2D eigenvalue weighted by Crippen LogP contribution is 2.24. The molecular formula is C19H19ClN2O4. The minimum Gasteiger partial charge on any atom is -0.497 e. The van der Waals surface area contributed by atoms with Gasteiger partial charge in [0.05, 0.1) is 7.11 Å². The maximum atomic E-state index is 12.5. The number of ether oxygens (including phenoxy) is 1. The van der Waals surface area contributed by atoms with Crippen molar-refractivity contribution in [1.29, 1.82) is 0 Å². The van der Waals surface area contributed by atoms with E-state index < -0.39 is 12.0 Å². The molecule has 2 amide bonds. The third kappa shape index (κ3) is 3.81. The van der Waals surface area contributed by atoms with Gasteiger partial charge in [0.1, 0.15) is 12.3 Å². The van der Waals surface area contributed by atoms with Gasteiger partial charge in [0.15, 0.2) is 6.10 Å². The van der Waals surface area contributed by atoms with Crippen molar-refractivity contribution in [3.63, 3.8) is 0 Å². The second-order valence-electron chi connectivity index (χ2n) is 5.96. The number of anilines is 1. The van der Waals surface area contributed by atoms with Crippen molar-refractivity contribution in [2.24, 2.45) is 0 Å². The Morgan fingerprint density at radius 1 is 1.19 bits per heavy atom. The Bertz CT molecular complexity index is 827. The van der Waals surface area contributed by atoms with E-state index in [9.17, 15) is 14.7 Å². The second-order valence-corrected chi connectivity index (χ2v) is 6.40. The topological polar surface area (TPSA) is 70.1 Å². The Morgan fingerprint density at radius 3 is 2.65 bits per heavy atom. The van der Waals surface area contributed by atoms with Crippen molar-refractivity contribution in [2.75, 3.05) is 31.6 Å². The first-order valence-electron chi connectivity index (χ1n) is 8.16. The number of rotatable bonds is 4. The van der Waals surface area contributed by atoms with Crippen LogP contribution in [0.4, 0.5) is 5.69 Å². The van der Waals surface area contributed by atoms with Crippen LogP contribution in [0.2, 0.25) is 5.02 Å². The maximum absolute atomic E-state index is 12.5. The molecule has 0 radical (unpaired) electrons. The largest absolute Gasteiger partial charge is 0.497 e. The van der Waals surface area contributed by atoms with E-state index in [2.05, 4.69) is 0 Å². The van der Waals surface area contributed by atoms with E-state index >= 15 is 0 Å². The third-order valence-electron chi connectivity index (χ3n) is 4.30. The van der Waals surface area contributed by atoms with Gasteiger partial charge in [-0.05, 0) is 29.8 Å². The number of piperazine rings is 1. The van der Waals surface area contributed by atoms with Gasteiger partial charge in [-0.15, -0.1) is 0 Å². The molecule has 0 unspecified atom stereocenters. The fourth-order valence-electron chi connectivity index (χ4n) is 2.90. The molecule has 0 bridgehead atoms. The molecule has 26 heavy (non-hydrogen) atoms. The molecule has 1 aliphatic heterocycles. The Kier molecular flexibility index (Phi) is 5.44. The van der Waals surface area contributed by atoms with Gasteiger partial charge in [-0.2, -0.15) is 0 Å². The van der Waals surface area contributed by atoms with Gasteiger partial charge in [-0.3, -0.25) is 9.59 Å². The number of methoxy groups -OCH3 is 1. The van der Waals surface area contributed by atoms with Gasteiger partial charge in [0.25, 0.3) is 5.91 Å². The van der Waals surface area contributed by atoms with Crippen LogP contribution in [0.5, 0.6) is 5.75 Å². The number of hydrogen-bond donors (Lipinski definition) is 1. The van der Waals surface area contributed by atoms with E-state index in [1.54, 1.807) is 48.4 Å². The summed E-state index contributed by atoms with van der Waals surface area (Å²) >= 11 is 5.91. The average Bonchev–Trinajstić information content (AvgIpc) is 2.66. The summed E-state index contributed by atoms with van der Waals surface area (Å²) in [6.07, 6.45) is -1.34. The Morgan fingerprint density at radius 2 is 1.96 bits per heavy atom. The van der Waals surface area contributed by atoms with Crippen LogP contribution >= 0.6 is 11.6 Å². The summed E-state index contributed by atoms with van der Waals surface area (Å²) in [7, 11) is 1.56. The lowest BCUT2D eigenvalue weighted by Crippen LogP contribution is -2.53. The monoisotopic (exact) mass is 374 g/mol. The molecule has 7 heteroatoms. The van der Waals surface area contributed by atoms with Crippen LogP contribution in [0, 0.1) is 0 Å². The summed E-state index contributed by atoms with van der Waals surface area (Å²) in [5, 5.41) is 10.8. The smallest absolute Gasteiger partial charge is 0.256 e. The molecule has 1 N–H and O–H groups in total. The first-order chi connectivity index (χ1) is 12.5. The zero-order valence-electron chi connectivity index (χ0n) is 14.3. The molecule has 136 valence electrons. The van der Waals surface area contributed by atoms with Gasteiger partial charge >= 0.3 is 0 Å². The highest BCUT2D eigenvalue weighted by molar-refractivity contribution is 6.30. The summed E-state index contributed by atoms with van der Waals surface area (Å²) in [5.41, 5.74) is 1.13. The molecular weight excluding hydrogens is 356 g/mol. The Balaban J connectivity index is 1.69. The van der Waals surface area contributed by atoms with Crippen LogP contribution in [0.3, 0.4) is 0 Å². The number of halogens is 1. The molecule has 0 aliphatic carbocycles. The summed E-state index contributed by atoms with van der Waals surface area (Å²) < 4.78 is 5.18. The van der Waals surface area contributed by atoms with Gasteiger partial charge in [-0.1, -0.05) is 29.8 Å². The molecule has 2 aromatic carbocycles. The Labute approximate surface area is 156 Å². The number of hydrogen-bond acceptors (Lipinski definition) is 4. The number of benzene rings is 2. The summed E-state index contributed by atoms with van der Waals surface area (Å²) in [4.78, 5) is 28.0. The molecule has 1 fully saturated rings. The Hall–Kier alpha value is -2.57. The van der Waals surface area contributed by atoms with Crippen LogP contribution in [0.1, 0.15) is 11.7 Å². The minimum absolute atomic E-state index is 0.0896. The SMILES string of the molecule is COc1cccc(N2CCN(C(=O)[C@H](O)c3cccc(Cl)c3)CC2=O)c1. The molecule has 0 aromatic heterocycles. The van der Waals surface area contributed by atoms with Crippen LogP contribution < -0.4 is 9.64 Å². The molecule has 1 heterocycles. The van der Waals surface area contributed by atoms with Crippen LogP contribution in [0.25, 0.3) is 0 Å². The minimum atomic E-state index is -1.34. The van der Waals surface area contributed by atoms with Gasteiger partial charge in [-0.25, -0.2) is 0 Å². The van der Waals surface area contributed by atoms with E-state index in [1.807, 2.05) is 12.1 Å². The van der Waals surface area contributed by atoms with Crippen molar-refractivity contribution in [3.8, 4) is 5.75 Å². The number of amides is 2. The van der Waals surface area contributed by atoms with Crippen LogP contribution in [-0.2, 0) is 9.59 Å². The van der Waals surface area contributed by atoms with E-state index in [4.69, 9.17) is 16.3 Å². The number of carbonyl (C=O) groups excluding carboxylic acids is 2. The maximum Gasteiger partial charge on any atom is 0.256 e. The van der Waals surface area contributed by atoms with Crippen molar-refractivity contribution >= 4 is 29.1 Å². The molecule has 1 aliphatic rings. The van der Waals surface area contributed by atoms with Gasteiger partial charge < -0.3 is 19.6 Å². The van der Waals surface area contributed by atoms with Crippen molar-refractivity contribution in [3.05, 3.63) is 59.1 Å². The van der Waals surface area contributed by atoms with Gasteiger partial charge in [0.2, 0.25) is 5.91 Å². The van der Waals surface area contributed by atoms with Crippen molar-refractivity contribution < 1.29 is 19.4 Å². The van der Waals surface area contributed by atoms with E-state index in [0.717, 1.165) is 5.69 Å². The molecule has 0 spiro atoms. The van der Waals surface area contributed by atoms with Crippen LogP contribution in [0.15, 0.2) is 48.5 Å². The zero-order valence-corrected chi connectivity index (χ0v) is 15.0. The molecule has 1 saturated heterocycles. The normalized spacial score (nSPS) is 15.7. The standard InChI is InChI=1S/C19H19ClN2O4/c1-26-16-7-3-6-15(11-16)22-9-8-21(12-17(22)23)19(25)18(24)13-4-2-5-14(20)10-13/h2-7,10-11,18,24H,8-9,12H2,1H3/t18-/m1/s1. The predicted octanol–water partition coefficient (Wildman–Crippen LogP) is 2.26. The van der Waals surface area contributed by atoms with Crippen molar-refractivity contribution in [1.82, 2.24) is 4.90 Å². The lowest BCUT2D eigenvalue weighted by molar-refractivity contribution is -0.144. The third-order valence-corrected chi connectivity index (χ3v) is 4.53. The zero-order chi connectivity index (χ0) is 18.7. The first-order valence-corrected chi connectivity index (χ1v) is 8.54. The molecule has 0 saturated carbocycles. The average molecular weight is 375 g/mol. The summed E-state index contributed by atoms with van der Waals surface area (Å²) in [6.45, 7) is 0.590. The highest BCUT2D eigenvalue weighted by atomic mass is 35.5. The molecule has 3 rings (SSSR count). The quantitative estimate of drug-likeness (QED) is 0.891. The lowest BCUT2D eigenvalue weighted by atomic mass is 10.1. The highest BCUT2D eigenvalue weighted by Gasteiger charge is 2.31. The number of nitrogens with zero attached hydrogens (tertiary/aromatic N) is 2. The molecule has 2 aromatic rings. The summed E-state index contributed by atoms with van der Waals surface area (Å²) in [6, 6.07) is 13.7. The second kappa shape index (κ2) is 7.76. The fourth-order valence-corrected chi connectivity index (χ4v) is 3.10. The van der Waals surface area contributed by atoms with Crippen LogP contribution in [-0.4, -0.2) is 48.6 Å². The first kappa shape index (κ1) is 18.2. The molecule has 6 nitrogen and oxygen atoms in total. The van der Waals surface area contributed by atoms with Gasteiger partial charge in [0, 0.05) is 29.9 Å². The number of aliphatic hydroxyl groups is 1. The fraction of sp³-hybridized carbons (Fsp3) is 0.263. The van der Waals surface area contributed by atoms with E-state index in [0.29, 0.717) is 29.4 Å². The number of aliphatic hydroxyl groups excluding tert-OH is 1. The predicted molar refractivity (Wildman–Crippen MR) is 98.3 cm³/mol. The lowest BCUT2D eigenvalue weighted by Gasteiger charge is -2.35. The van der Waals surface area contributed by atoms with E-state index in [1.165, 1.54) is 4.90 Å². The molecule has 1 atom stereocenters. The summed E-state index contributed by atoms with van der Waals surface area (Å²) in [5.74, 6) is -0.0627. The van der Waals surface area contributed by atoms with E-state index in [-0.39, 0.29) is 12.5 Å². The van der Waals surface area contributed by atoms with Crippen molar-refractivity contribution in [2.45, 2.75) is 6.10 Å². The number of carbonyl (C=O) groups is 2.